The summed E-state index contributed by atoms with van der Waals surface area (Å²) in [7, 11) is 0. The third kappa shape index (κ3) is 4.80. The Hall–Kier alpha value is -2.93. The van der Waals surface area contributed by atoms with Gasteiger partial charge in [-0.3, -0.25) is 14.6 Å². The summed E-state index contributed by atoms with van der Waals surface area (Å²) in [6.07, 6.45) is 4.92. The minimum absolute atomic E-state index is 0.148. The number of hydroxylamine groups is 1. The SMILES string of the molecule is CCC1=NOC(CONC(=O)c2ccccc2NCc2ccncc2)C1. The van der Waals surface area contributed by atoms with Crippen molar-refractivity contribution in [2.75, 3.05) is 11.9 Å². The van der Waals surface area contributed by atoms with Crippen LogP contribution in [0.15, 0.2) is 53.9 Å². The van der Waals surface area contributed by atoms with E-state index in [4.69, 9.17) is 9.68 Å². The first kappa shape index (κ1) is 17.9. The molecule has 0 radical (unpaired) electrons. The maximum absolute atomic E-state index is 12.4. The molecule has 1 unspecified atom stereocenters. The smallest absolute Gasteiger partial charge is 0.276 e. The number of hydrogen-bond acceptors (Lipinski definition) is 6. The van der Waals surface area contributed by atoms with E-state index in [1.807, 2.05) is 37.3 Å². The second kappa shape index (κ2) is 8.96. The van der Waals surface area contributed by atoms with E-state index < -0.39 is 0 Å². The van der Waals surface area contributed by atoms with Gasteiger partial charge in [0.15, 0.2) is 6.10 Å². The average molecular weight is 354 g/mol. The molecule has 1 aliphatic heterocycles. The number of carbonyl (C=O) groups is 1. The van der Waals surface area contributed by atoms with Gasteiger partial charge in [-0.05, 0) is 36.2 Å². The topological polar surface area (TPSA) is 84.8 Å². The molecule has 2 heterocycles. The molecular weight excluding hydrogens is 332 g/mol. The summed E-state index contributed by atoms with van der Waals surface area (Å²) >= 11 is 0. The van der Waals surface area contributed by atoms with Crippen LogP contribution >= 0.6 is 0 Å². The molecule has 7 nitrogen and oxygen atoms in total. The summed E-state index contributed by atoms with van der Waals surface area (Å²) in [5.41, 5.74) is 5.82. The van der Waals surface area contributed by atoms with Crippen LogP contribution in [0.25, 0.3) is 0 Å². The van der Waals surface area contributed by atoms with Gasteiger partial charge in [0, 0.05) is 31.0 Å². The second-order valence-corrected chi connectivity index (χ2v) is 5.94. The van der Waals surface area contributed by atoms with Crippen LogP contribution in [0.1, 0.15) is 35.7 Å². The third-order valence-corrected chi connectivity index (χ3v) is 4.04. The third-order valence-electron chi connectivity index (χ3n) is 4.04. The Bertz CT molecular complexity index is 764. The lowest BCUT2D eigenvalue weighted by Gasteiger charge is -2.13. The summed E-state index contributed by atoms with van der Waals surface area (Å²) in [6, 6.07) is 11.1. The van der Waals surface area contributed by atoms with E-state index in [2.05, 4.69) is 20.9 Å². The zero-order valence-corrected chi connectivity index (χ0v) is 14.6. The van der Waals surface area contributed by atoms with E-state index in [1.54, 1.807) is 18.5 Å². The van der Waals surface area contributed by atoms with Crippen LogP contribution in [-0.4, -0.2) is 29.3 Å². The van der Waals surface area contributed by atoms with Gasteiger partial charge in [0.05, 0.1) is 11.3 Å². The van der Waals surface area contributed by atoms with Crippen LogP contribution < -0.4 is 10.8 Å². The first-order chi connectivity index (χ1) is 12.8. The number of anilines is 1. The molecule has 1 aromatic carbocycles. The maximum atomic E-state index is 12.4. The van der Waals surface area contributed by atoms with Gasteiger partial charge in [0.25, 0.3) is 5.91 Å². The number of carbonyl (C=O) groups excluding carboxylic acids is 1. The molecule has 2 aromatic rings. The van der Waals surface area contributed by atoms with Gasteiger partial charge in [0.2, 0.25) is 0 Å². The second-order valence-electron chi connectivity index (χ2n) is 5.94. The number of para-hydroxylation sites is 1. The highest BCUT2D eigenvalue weighted by Crippen LogP contribution is 2.16. The van der Waals surface area contributed by atoms with Crippen molar-refractivity contribution in [2.24, 2.45) is 5.16 Å². The van der Waals surface area contributed by atoms with Crippen molar-refractivity contribution >= 4 is 17.3 Å². The molecule has 7 heteroatoms. The maximum Gasteiger partial charge on any atom is 0.276 e. The Labute approximate surface area is 152 Å². The van der Waals surface area contributed by atoms with Gasteiger partial charge in [0.1, 0.15) is 6.61 Å². The van der Waals surface area contributed by atoms with Crippen LogP contribution in [-0.2, 0) is 16.2 Å². The van der Waals surface area contributed by atoms with E-state index in [9.17, 15) is 4.79 Å². The number of aromatic nitrogens is 1. The van der Waals surface area contributed by atoms with Crippen molar-refractivity contribution in [3.8, 4) is 0 Å². The molecule has 1 amide bonds. The van der Waals surface area contributed by atoms with Gasteiger partial charge in [-0.2, -0.15) is 0 Å². The summed E-state index contributed by atoms with van der Waals surface area (Å²) in [5.74, 6) is -0.308. The number of nitrogens with one attached hydrogen (secondary N) is 2. The summed E-state index contributed by atoms with van der Waals surface area (Å²) in [5, 5.41) is 7.24. The van der Waals surface area contributed by atoms with Crippen molar-refractivity contribution in [1.29, 1.82) is 0 Å². The molecular formula is C19H22N4O3. The van der Waals surface area contributed by atoms with Crippen LogP contribution in [0, 0.1) is 0 Å². The van der Waals surface area contributed by atoms with Crippen molar-refractivity contribution in [3.63, 3.8) is 0 Å². The summed E-state index contributed by atoms with van der Waals surface area (Å²) in [4.78, 5) is 27.0. The minimum Gasteiger partial charge on any atom is -0.390 e. The van der Waals surface area contributed by atoms with E-state index in [-0.39, 0.29) is 18.6 Å². The Morgan fingerprint density at radius 2 is 2.08 bits per heavy atom. The van der Waals surface area contributed by atoms with E-state index in [0.29, 0.717) is 12.1 Å². The number of amides is 1. The lowest BCUT2D eigenvalue weighted by molar-refractivity contribution is -0.0310. The fraction of sp³-hybridized carbons (Fsp3) is 0.316. The largest absolute Gasteiger partial charge is 0.390 e. The minimum atomic E-state index is -0.308. The molecule has 1 atom stereocenters. The molecule has 0 fully saturated rings. The lowest BCUT2D eigenvalue weighted by atomic mass is 10.1. The summed E-state index contributed by atoms with van der Waals surface area (Å²) in [6.45, 7) is 2.88. The monoisotopic (exact) mass is 354 g/mol. The Morgan fingerprint density at radius 1 is 1.27 bits per heavy atom. The molecule has 0 spiro atoms. The molecule has 26 heavy (non-hydrogen) atoms. The molecule has 136 valence electrons. The molecule has 1 aliphatic rings. The van der Waals surface area contributed by atoms with Gasteiger partial charge in [-0.1, -0.05) is 24.2 Å². The number of rotatable bonds is 8. The number of benzene rings is 1. The Kier molecular flexibility index (Phi) is 6.16. The number of oxime groups is 1. The molecule has 0 bridgehead atoms. The van der Waals surface area contributed by atoms with Gasteiger partial charge in [-0.15, -0.1) is 0 Å². The Balaban J connectivity index is 1.51. The number of pyridine rings is 1. The van der Waals surface area contributed by atoms with Crippen LogP contribution in [0.2, 0.25) is 0 Å². The molecule has 0 saturated carbocycles. The van der Waals surface area contributed by atoms with Crippen molar-refractivity contribution in [3.05, 3.63) is 59.9 Å². The molecule has 0 aliphatic carbocycles. The van der Waals surface area contributed by atoms with Crippen molar-refractivity contribution in [2.45, 2.75) is 32.4 Å². The number of hydrogen-bond donors (Lipinski definition) is 2. The van der Waals surface area contributed by atoms with Crippen molar-refractivity contribution in [1.82, 2.24) is 10.5 Å². The van der Waals surface area contributed by atoms with E-state index in [0.717, 1.165) is 29.8 Å². The summed E-state index contributed by atoms with van der Waals surface area (Å²) < 4.78 is 0. The Morgan fingerprint density at radius 3 is 2.85 bits per heavy atom. The highest BCUT2D eigenvalue weighted by atomic mass is 16.7. The van der Waals surface area contributed by atoms with Gasteiger partial charge >= 0.3 is 0 Å². The normalized spacial score (nSPS) is 15.9. The zero-order valence-electron chi connectivity index (χ0n) is 14.6. The molecule has 1 aromatic heterocycles. The van der Waals surface area contributed by atoms with E-state index >= 15 is 0 Å². The highest BCUT2D eigenvalue weighted by Gasteiger charge is 2.20. The van der Waals surface area contributed by atoms with Crippen LogP contribution in [0.4, 0.5) is 5.69 Å². The van der Waals surface area contributed by atoms with Gasteiger partial charge in [-0.25, -0.2) is 5.48 Å². The molecule has 2 N–H and O–H groups in total. The predicted molar refractivity (Wildman–Crippen MR) is 98.6 cm³/mol. The average Bonchev–Trinajstić information content (AvgIpc) is 3.15. The lowest BCUT2D eigenvalue weighted by Crippen LogP contribution is -2.29. The quantitative estimate of drug-likeness (QED) is 0.712. The first-order valence-corrected chi connectivity index (χ1v) is 8.61. The molecule has 3 rings (SSSR count). The van der Waals surface area contributed by atoms with Gasteiger partial charge < -0.3 is 10.2 Å². The fourth-order valence-corrected chi connectivity index (χ4v) is 2.57. The van der Waals surface area contributed by atoms with Crippen molar-refractivity contribution < 1.29 is 14.5 Å². The zero-order chi connectivity index (χ0) is 18.2. The molecule has 0 saturated heterocycles. The standard InChI is InChI=1S/C19H22N4O3/c1-2-15-11-16(26-22-15)13-25-23-19(24)17-5-3-4-6-18(17)21-12-14-7-9-20-10-8-14/h3-10,16,21H,2,11-13H2,1H3,(H,23,24). The highest BCUT2D eigenvalue weighted by molar-refractivity contribution is 5.99. The van der Waals surface area contributed by atoms with E-state index in [1.165, 1.54) is 0 Å². The van der Waals surface area contributed by atoms with Crippen LogP contribution in [0.5, 0.6) is 0 Å². The predicted octanol–water partition coefficient (Wildman–Crippen LogP) is 2.91. The first-order valence-electron chi connectivity index (χ1n) is 8.61. The number of nitrogens with zero attached hydrogens (tertiary/aromatic N) is 2. The fourth-order valence-electron chi connectivity index (χ4n) is 2.57. The van der Waals surface area contributed by atoms with Crippen LogP contribution in [0.3, 0.4) is 0 Å².